The number of hydrogen-bond donors (Lipinski definition) is 3. The number of nitrogens with two attached hydrogens (primary N) is 1. The van der Waals surface area contributed by atoms with Crippen LogP contribution in [0.5, 0.6) is 0 Å². The highest BCUT2D eigenvalue weighted by atomic mass is 32.1. The first-order valence-corrected chi connectivity index (χ1v) is 6.82. The molecule has 0 fully saturated rings. The third kappa shape index (κ3) is 2.82. The highest BCUT2D eigenvalue weighted by molar-refractivity contribution is 7.10. The molecule has 0 aliphatic heterocycles. The molecular formula is C11H14N2OS2. The van der Waals surface area contributed by atoms with E-state index in [4.69, 9.17) is 5.73 Å². The molecule has 0 aliphatic rings. The second-order valence-corrected chi connectivity index (χ2v) is 5.28. The van der Waals surface area contributed by atoms with Crippen LogP contribution < -0.4 is 11.1 Å². The van der Waals surface area contributed by atoms with Crippen molar-refractivity contribution < 1.29 is 5.11 Å². The second kappa shape index (κ2) is 5.45. The van der Waals surface area contributed by atoms with Gasteiger partial charge >= 0.3 is 0 Å². The molecule has 0 saturated carbocycles. The number of rotatable bonds is 5. The van der Waals surface area contributed by atoms with Crippen LogP contribution in [0.3, 0.4) is 0 Å². The third-order valence-electron chi connectivity index (χ3n) is 2.33. The standard InChI is InChI=1S/C11H14N2OS2/c12-9-2-4-16-11(9)6-13-5-10(14)8-1-3-15-7-8/h1-4,7,10,13-14H,5-6,12H2. The molecule has 0 radical (unpaired) electrons. The number of thiophene rings is 2. The van der Waals surface area contributed by atoms with E-state index in [0.717, 1.165) is 16.1 Å². The molecule has 4 N–H and O–H groups in total. The van der Waals surface area contributed by atoms with Crippen LogP contribution in [0.15, 0.2) is 28.3 Å². The predicted molar refractivity (Wildman–Crippen MR) is 69.7 cm³/mol. The maximum Gasteiger partial charge on any atom is 0.0922 e. The van der Waals surface area contributed by atoms with Crippen LogP contribution in [0, 0.1) is 0 Å². The molecule has 0 saturated heterocycles. The smallest absolute Gasteiger partial charge is 0.0922 e. The predicted octanol–water partition coefficient (Wildman–Crippen LogP) is 2.21. The summed E-state index contributed by atoms with van der Waals surface area (Å²) in [6.45, 7) is 1.26. The summed E-state index contributed by atoms with van der Waals surface area (Å²) in [5, 5.41) is 18.9. The third-order valence-corrected chi connectivity index (χ3v) is 3.97. The fourth-order valence-electron chi connectivity index (χ4n) is 1.40. The zero-order valence-electron chi connectivity index (χ0n) is 8.72. The molecule has 2 rings (SSSR count). The van der Waals surface area contributed by atoms with E-state index < -0.39 is 6.10 Å². The summed E-state index contributed by atoms with van der Waals surface area (Å²) in [4.78, 5) is 1.12. The molecule has 5 heteroatoms. The molecule has 1 atom stereocenters. The topological polar surface area (TPSA) is 58.3 Å². The Labute approximate surface area is 103 Å². The van der Waals surface area contributed by atoms with Crippen LogP contribution in [0.1, 0.15) is 16.5 Å². The van der Waals surface area contributed by atoms with E-state index in [1.165, 1.54) is 0 Å². The first kappa shape index (κ1) is 11.6. The van der Waals surface area contributed by atoms with Gasteiger partial charge in [0.05, 0.1) is 6.10 Å². The molecule has 0 aliphatic carbocycles. The van der Waals surface area contributed by atoms with Crippen LogP contribution in [0.4, 0.5) is 5.69 Å². The van der Waals surface area contributed by atoms with Crippen molar-refractivity contribution in [2.24, 2.45) is 0 Å². The van der Waals surface area contributed by atoms with E-state index in [1.54, 1.807) is 22.7 Å². The monoisotopic (exact) mass is 254 g/mol. The Morgan fingerprint density at radius 3 is 2.88 bits per heavy atom. The first-order chi connectivity index (χ1) is 7.77. The number of aliphatic hydroxyl groups is 1. The van der Waals surface area contributed by atoms with Gasteiger partial charge < -0.3 is 16.2 Å². The number of hydrogen-bond acceptors (Lipinski definition) is 5. The van der Waals surface area contributed by atoms with Crippen molar-refractivity contribution in [1.82, 2.24) is 5.32 Å². The molecule has 0 aromatic carbocycles. The van der Waals surface area contributed by atoms with Crippen molar-refractivity contribution in [2.45, 2.75) is 12.6 Å². The molecule has 2 aromatic heterocycles. The SMILES string of the molecule is Nc1ccsc1CNCC(O)c1ccsc1. The van der Waals surface area contributed by atoms with Crippen molar-refractivity contribution in [3.8, 4) is 0 Å². The van der Waals surface area contributed by atoms with Crippen LogP contribution in [-0.4, -0.2) is 11.7 Å². The van der Waals surface area contributed by atoms with Crippen LogP contribution in [-0.2, 0) is 6.54 Å². The van der Waals surface area contributed by atoms with Gasteiger partial charge in [0.2, 0.25) is 0 Å². The lowest BCUT2D eigenvalue weighted by Crippen LogP contribution is -2.20. The van der Waals surface area contributed by atoms with Crippen molar-refractivity contribution >= 4 is 28.4 Å². The van der Waals surface area contributed by atoms with E-state index in [-0.39, 0.29) is 0 Å². The molecule has 2 heterocycles. The molecule has 0 spiro atoms. The van der Waals surface area contributed by atoms with Crippen molar-refractivity contribution in [3.63, 3.8) is 0 Å². The van der Waals surface area contributed by atoms with Gasteiger partial charge in [0.1, 0.15) is 0 Å². The lowest BCUT2D eigenvalue weighted by molar-refractivity contribution is 0.175. The van der Waals surface area contributed by atoms with Gasteiger partial charge in [-0.2, -0.15) is 11.3 Å². The molecule has 0 bridgehead atoms. The van der Waals surface area contributed by atoms with Gasteiger partial charge in [0, 0.05) is 23.7 Å². The molecule has 16 heavy (non-hydrogen) atoms. The van der Waals surface area contributed by atoms with Crippen molar-refractivity contribution in [1.29, 1.82) is 0 Å². The minimum atomic E-state index is -0.438. The van der Waals surface area contributed by atoms with Crippen LogP contribution in [0.25, 0.3) is 0 Å². The highest BCUT2D eigenvalue weighted by Crippen LogP contribution is 2.19. The van der Waals surface area contributed by atoms with E-state index in [2.05, 4.69) is 5.32 Å². The van der Waals surface area contributed by atoms with Gasteiger partial charge in [-0.3, -0.25) is 0 Å². The van der Waals surface area contributed by atoms with Crippen LogP contribution >= 0.6 is 22.7 Å². The second-order valence-electron chi connectivity index (χ2n) is 3.50. The first-order valence-electron chi connectivity index (χ1n) is 5.00. The fourth-order valence-corrected chi connectivity index (χ4v) is 2.87. The minimum Gasteiger partial charge on any atom is -0.398 e. The van der Waals surface area contributed by atoms with Gasteiger partial charge in [-0.05, 0) is 33.8 Å². The Kier molecular flexibility index (Phi) is 3.95. The molecule has 2 aromatic rings. The molecule has 86 valence electrons. The van der Waals surface area contributed by atoms with Gasteiger partial charge in [-0.1, -0.05) is 0 Å². The van der Waals surface area contributed by atoms with Crippen molar-refractivity contribution in [3.05, 3.63) is 38.7 Å². The average molecular weight is 254 g/mol. The van der Waals surface area contributed by atoms with Crippen molar-refractivity contribution in [2.75, 3.05) is 12.3 Å². The Morgan fingerprint density at radius 1 is 1.38 bits per heavy atom. The van der Waals surface area contributed by atoms with Gasteiger partial charge in [0.15, 0.2) is 0 Å². The fraction of sp³-hybridized carbons (Fsp3) is 0.273. The number of aliphatic hydroxyl groups excluding tert-OH is 1. The minimum absolute atomic E-state index is 0.438. The summed E-state index contributed by atoms with van der Waals surface area (Å²) in [6.07, 6.45) is -0.438. The number of nitrogens with one attached hydrogen (secondary N) is 1. The number of nitrogen functional groups attached to an aromatic ring is 1. The van der Waals surface area contributed by atoms with E-state index >= 15 is 0 Å². The zero-order chi connectivity index (χ0) is 11.4. The maximum absolute atomic E-state index is 9.82. The Morgan fingerprint density at radius 2 is 2.25 bits per heavy atom. The summed E-state index contributed by atoms with van der Waals surface area (Å²) in [6, 6.07) is 3.84. The van der Waals surface area contributed by atoms with E-state index in [9.17, 15) is 5.11 Å². The Hall–Kier alpha value is -0.880. The van der Waals surface area contributed by atoms with Crippen LogP contribution in [0.2, 0.25) is 0 Å². The summed E-state index contributed by atoms with van der Waals surface area (Å²) in [5.74, 6) is 0. The Bertz CT molecular complexity index is 425. The van der Waals surface area contributed by atoms with Gasteiger partial charge in [-0.15, -0.1) is 11.3 Å². The van der Waals surface area contributed by atoms with E-state index in [0.29, 0.717) is 13.1 Å². The normalized spacial score (nSPS) is 12.8. The highest BCUT2D eigenvalue weighted by Gasteiger charge is 2.07. The summed E-state index contributed by atoms with van der Waals surface area (Å²) in [5.41, 5.74) is 7.55. The maximum atomic E-state index is 9.82. The summed E-state index contributed by atoms with van der Waals surface area (Å²) in [7, 11) is 0. The largest absolute Gasteiger partial charge is 0.398 e. The number of anilines is 1. The van der Waals surface area contributed by atoms with Gasteiger partial charge in [-0.25, -0.2) is 0 Å². The lowest BCUT2D eigenvalue weighted by Gasteiger charge is -2.09. The lowest BCUT2D eigenvalue weighted by atomic mass is 10.2. The Balaban J connectivity index is 1.78. The average Bonchev–Trinajstić information content (AvgIpc) is 2.90. The molecule has 0 amide bonds. The molecule has 3 nitrogen and oxygen atoms in total. The quantitative estimate of drug-likeness (QED) is 0.767. The zero-order valence-corrected chi connectivity index (χ0v) is 10.4. The summed E-state index contributed by atoms with van der Waals surface area (Å²) < 4.78 is 0. The van der Waals surface area contributed by atoms with E-state index in [1.807, 2.05) is 28.3 Å². The molecular weight excluding hydrogens is 240 g/mol. The van der Waals surface area contributed by atoms with Gasteiger partial charge in [0.25, 0.3) is 0 Å². The molecule has 1 unspecified atom stereocenters. The summed E-state index contributed by atoms with van der Waals surface area (Å²) >= 11 is 3.23.